The van der Waals surface area contributed by atoms with Gasteiger partial charge in [0.25, 0.3) is 5.91 Å². The van der Waals surface area contributed by atoms with Crippen LogP contribution in [0.4, 0.5) is 0 Å². The lowest BCUT2D eigenvalue weighted by atomic mass is 9.97. The van der Waals surface area contributed by atoms with Gasteiger partial charge in [0, 0.05) is 11.1 Å². The molecular formula is C22H25N3O2S. The van der Waals surface area contributed by atoms with Gasteiger partial charge in [-0.05, 0) is 45.7 Å². The highest BCUT2D eigenvalue weighted by Gasteiger charge is 2.40. The van der Waals surface area contributed by atoms with E-state index < -0.39 is 0 Å². The Morgan fingerprint density at radius 1 is 1.18 bits per heavy atom. The van der Waals surface area contributed by atoms with Crippen molar-refractivity contribution < 1.29 is 9.53 Å². The smallest absolute Gasteiger partial charge is 0.264 e. The second kappa shape index (κ2) is 6.94. The Kier molecular flexibility index (Phi) is 4.71. The first-order valence-corrected chi connectivity index (χ1v) is 10.3. The molecule has 1 unspecified atom stereocenters. The lowest BCUT2D eigenvalue weighted by molar-refractivity contribution is -0.0845. The number of hydrogen-bond donors (Lipinski definition) is 0. The van der Waals surface area contributed by atoms with Crippen LogP contribution in [0, 0.1) is 20.8 Å². The van der Waals surface area contributed by atoms with Gasteiger partial charge in [0.2, 0.25) is 0 Å². The Hall–Kier alpha value is -2.31. The number of benzene rings is 1. The molecule has 1 atom stereocenters. The number of nitrogens with zero attached hydrogens (tertiary/aromatic N) is 3. The largest absolute Gasteiger partial charge is 0.369 e. The lowest BCUT2D eigenvalue weighted by Gasteiger charge is -2.45. The normalized spacial score (nSPS) is 19.2. The van der Waals surface area contributed by atoms with E-state index in [0.717, 1.165) is 37.7 Å². The molecule has 3 heterocycles. The lowest BCUT2D eigenvalue weighted by Crippen LogP contribution is -2.56. The summed E-state index contributed by atoms with van der Waals surface area (Å²) in [5.74, 6) is 0.785. The van der Waals surface area contributed by atoms with Crippen LogP contribution < -0.4 is 0 Å². The Morgan fingerprint density at radius 2 is 1.89 bits per heavy atom. The summed E-state index contributed by atoms with van der Waals surface area (Å²) in [5.41, 5.74) is 2.63. The summed E-state index contributed by atoms with van der Waals surface area (Å²) in [5, 5.41) is 1.00. The van der Waals surface area contributed by atoms with E-state index in [0.29, 0.717) is 13.2 Å². The summed E-state index contributed by atoms with van der Waals surface area (Å²) >= 11 is 1.47. The van der Waals surface area contributed by atoms with Gasteiger partial charge < -0.3 is 9.64 Å². The number of morpholine rings is 1. The summed E-state index contributed by atoms with van der Waals surface area (Å²) in [6, 6.07) is 10.1. The fourth-order valence-electron chi connectivity index (χ4n) is 3.88. The highest BCUT2D eigenvalue weighted by atomic mass is 32.1. The monoisotopic (exact) mass is 395 g/mol. The van der Waals surface area contributed by atoms with Crippen molar-refractivity contribution in [3.05, 3.63) is 57.9 Å². The summed E-state index contributed by atoms with van der Waals surface area (Å²) in [6.45, 7) is 11.0. The maximum absolute atomic E-state index is 13.6. The van der Waals surface area contributed by atoms with E-state index in [-0.39, 0.29) is 17.6 Å². The molecule has 0 saturated carbocycles. The predicted octanol–water partition coefficient (Wildman–Crippen LogP) is 4.61. The number of aryl methyl sites for hydroxylation is 3. The third kappa shape index (κ3) is 3.20. The number of carbonyl (C=O) groups excluding carboxylic acids is 1. The highest BCUT2D eigenvalue weighted by molar-refractivity contribution is 7.20. The first kappa shape index (κ1) is 19.0. The van der Waals surface area contributed by atoms with Gasteiger partial charge >= 0.3 is 0 Å². The molecule has 4 rings (SSSR count). The van der Waals surface area contributed by atoms with Crippen LogP contribution in [0.2, 0.25) is 0 Å². The molecular weight excluding hydrogens is 370 g/mol. The zero-order valence-electron chi connectivity index (χ0n) is 16.9. The molecule has 1 saturated heterocycles. The van der Waals surface area contributed by atoms with Crippen LogP contribution in [0.25, 0.3) is 10.2 Å². The van der Waals surface area contributed by atoms with E-state index in [1.54, 1.807) is 0 Å². The molecule has 3 aromatic rings. The molecule has 0 aliphatic carbocycles. The van der Waals surface area contributed by atoms with Crippen molar-refractivity contribution in [1.29, 1.82) is 0 Å². The zero-order valence-corrected chi connectivity index (χ0v) is 17.8. The number of thiophene rings is 1. The molecule has 1 aromatic carbocycles. The van der Waals surface area contributed by atoms with Gasteiger partial charge in [-0.15, -0.1) is 11.3 Å². The summed E-state index contributed by atoms with van der Waals surface area (Å²) in [7, 11) is 0. The Labute approximate surface area is 169 Å². The van der Waals surface area contributed by atoms with Gasteiger partial charge in [-0.3, -0.25) is 4.79 Å². The van der Waals surface area contributed by atoms with Gasteiger partial charge in [0.05, 0.1) is 23.6 Å². The van der Waals surface area contributed by atoms with Crippen LogP contribution in [-0.4, -0.2) is 39.5 Å². The van der Waals surface area contributed by atoms with Crippen molar-refractivity contribution in [2.45, 2.75) is 46.3 Å². The average Bonchev–Trinajstić information content (AvgIpc) is 2.98. The Balaban J connectivity index is 1.72. The minimum absolute atomic E-state index is 0.0479. The van der Waals surface area contributed by atoms with E-state index in [9.17, 15) is 4.79 Å². The van der Waals surface area contributed by atoms with Crippen LogP contribution in [0.3, 0.4) is 0 Å². The van der Waals surface area contributed by atoms with E-state index in [2.05, 4.69) is 35.9 Å². The number of fused-ring (bicyclic) bond motifs is 1. The number of hydrogen-bond acceptors (Lipinski definition) is 5. The van der Waals surface area contributed by atoms with Gasteiger partial charge in [-0.2, -0.15) is 0 Å². The molecule has 5 nitrogen and oxygen atoms in total. The molecule has 0 N–H and O–H groups in total. The minimum atomic E-state index is -0.373. The molecule has 1 aliphatic heterocycles. The fraction of sp³-hybridized carbons (Fsp3) is 0.409. The standard InChI is InChI=1S/C22H25N3O2S/c1-13-18-14(2)23-15(3)24-20(18)28-19(13)21(26)25-11-17(27-12-22(25,4)5)16-9-7-6-8-10-16/h6-10,17H,11-12H2,1-5H3. The SMILES string of the molecule is Cc1nc(C)c2c(C)c(C(=O)N3CC(c4ccccc4)OCC3(C)C)sc2n1. The first-order chi connectivity index (χ1) is 13.3. The van der Waals surface area contributed by atoms with Crippen molar-refractivity contribution in [3.63, 3.8) is 0 Å². The quantitative estimate of drug-likeness (QED) is 0.636. The molecule has 146 valence electrons. The molecule has 28 heavy (non-hydrogen) atoms. The Morgan fingerprint density at radius 3 is 2.61 bits per heavy atom. The summed E-state index contributed by atoms with van der Waals surface area (Å²) < 4.78 is 6.11. The maximum atomic E-state index is 13.6. The van der Waals surface area contributed by atoms with Gasteiger partial charge in [0.1, 0.15) is 16.8 Å². The van der Waals surface area contributed by atoms with Crippen LogP contribution in [-0.2, 0) is 4.74 Å². The van der Waals surface area contributed by atoms with Crippen LogP contribution >= 0.6 is 11.3 Å². The van der Waals surface area contributed by atoms with E-state index in [1.165, 1.54) is 11.3 Å². The second-order valence-corrected chi connectivity index (χ2v) is 9.03. The van der Waals surface area contributed by atoms with Crippen molar-refractivity contribution in [3.8, 4) is 0 Å². The van der Waals surface area contributed by atoms with Crippen molar-refractivity contribution in [2.24, 2.45) is 0 Å². The van der Waals surface area contributed by atoms with Crippen molar-refractivity contribution in [2.75, 3.05) is 13.2 Å². The molecule has 6 heteroatoms. The van der Waals surface area contributed by atoms with Crippen LogP contribution in [0.1, 0.15) is 52.3 Å². The number of rotatable bonds is 2. The van der Waals surface area contributed by atoms with Gasteiger partial charge in [-0.25, -0.2) is 9.97 Å². The van der Waals surface area contributed by atoms with Crippen LogP contribution in [0.5, 0.6) is 0 Å². The number of carbonyl (C=O) groups is 1. The number of aromatic nitrogens is 2. The molecule has 2 aromatic heterocycles. The van der Waals surface area contributed by atoms with Gasteiger partial charge in [0.15, 0.2) is 0 Å². The topological polar surface area (TPSA) is 55.3 Å². The van der Waals surface area contributed by atoms with Crippen molar-refractivity contribution >= 4 is 27.5 Å². The Bertz CT molecular complexity index is 1040. The molecule has 0 radical (unpaired) electrons. The molecule has 1 aliphatic rings. The predicted molar refractivity (Wildman–Crippen MR) is 112 cm³/mol. The summed E-state index contributed by atoms with van der Waals surface area (Å²) in [4.78, 5) is 26.2. The van der Waals surface area contributed by atoms with E-state index >= 15 is 0 Å². The third-order valence-corrected chi connectivity index (χ3v) is 6.58. The molecule has 0 spiro atoms. The molecule has 1 fully saturated rings. The minimum Gasteiger partial charge on any atom is -0.369 e. The third-order valence-electron chi connectivity index (χ3n) is 5.41. The zero-order chi connectivity index (χ0) is 20.1. The van der Waals surface area contributed by atoms with Crippen molar-refractivity contribution in [1.82, 2.24) is 14.9 Å². The average molecular weight is 396 g/mol. The highest BCUT2D eigenvalue weighted by Crippen LogP contribution is 2.36. The first-order valence-electron chi connectivity index (χ1n) is 9.51. The summed E-state index contributed by atoms with van der Waals surface area (Å²) in [6.07, 6.45) is -0.114. The van der Waals surface area contributed by atoms with Crippen LogP contribution in [0.15, 0.2) is 30.3 Å². The van der Waals surface area contributed by atoms with E-state index in [1.807, 2.05) is 43.9 Å². The second-order valence-electron chi connectivity index (χ2n) is 8.03. The maximum Gasteiger partial charge on any atom is 0.264 e. The number of amides is 1. The van der Waals surface area contributed by atoms with E-state index in [4.69, 9.17) is 4.74 Å². The molecule has 1 amide bonds. The van der Waals surface area contributed by atoms with Gasteiger partial charge in [-0.1, -0.05) is 30.3 Å². The fourth-order valence-corrected chi connectivity index (χ4v) is 5.10. The molecule has 0 bridgehead atoms. The number of ether oxygens (including phenoxy) is 1.